The van der Waals surface area contributed by atoms with Crippen LogP contribution in [0.5, 0.6) is 5.75 Å². The molecule has 0 saturated heterocycles. The van der Waals surface area contributed by atoms with Crippen LogP contribution in [-0.4, -0.2) is 58.6 Å². The van der Waals surface area contributed by atoms with Gasteiger partial charge in [0.05, 0.1) is 19.1 Å². The molecule has 7 heteroatoms. The number of hydrogen-bond acceptors (Lipinski definition) is 7. The monoisotopic (exact) mass is 484 g/mol. The lowest BCUT2D eigenvalue weighted by atomic mass is 9.59. The Morgan fingerprint density at radius 1 is 1.17 bits per heavy atom. The number of carbonyl (C=O) groups excluding carboxylic acids is 2. The van der Waals surface area contributed by atoms with Gasteiger partial charge in [0.1, 0.15) is 17.4 Å². The topological polar surface area (TPSA) is 113 Å². The van der Waals surface area contributed by atoms with Crippen LogP contribution in [0.4, 0.5) is 0 Å². The molecule has 1 aromatic rings. The number of hydrogen-bond donors (Lipinski definition) is 3. The lowest BCUT2D eigenvalue weighted by molar-refractivity contribution is -0.190. The van der Waals surface area contributed by atoms with E-state index in [1.54, 1.807) is 43.3 Å². The molecule has 1 aromatic carbocycles. The van der Waals surface area contributed by atoms with Crippen molar-refractivity contribution >= 4 is 11.8 Å². The molecular formula is C28H36O7. The Balaban J connectivity index is 1.90. The largest absolute Gasteiger partial charge is 0.496 e. The van der Waals surface area contributed by atoms with Crippen molar-refractivity contribution in [3.8, 4) is 5.75 Å². The molecule has 0 aromatic heterocycles. The molecule has 3 aliphatic rings. The number of rotatable bonds is 4. The fourth-order valence-electron chi connectivity index (χ4n) is 6.64. The van der Waals surface area contributed by atoms with Crippen molar-refractivity contribution in [2.45, 2.75) is 58.8 Å². The smallest absolute Gasteiger partial charge is 0.342 e. The molecule has 0 unspecified atom stereocenters. The second-order valence-electron chi connectivity index (χ2n) is 11.1. The van der Waals surface area contributed by atoms with Crippen LogP contribution >= 0.6 is 0 Å². The van der Waals surface area contributed by atoms with E-state index in [9.17, 15) is 24.9 Å². The summed E-state index contributed by atoms with van der Waals surface area (Å²) in [6, 6.07) is 6.57. The van der Waals surface area contributed by atoms with E-state index in [0.717, 1.165) is 0 Å². The van der Waals surface area contributed by atoms with Crippen LogP contribution in [0.25, 0.3) is 0 Å². The molecule has 0 amide bonds. The van der Waals surface area contributed by atoms with E-state index in [1.165, 1.54) is 7.11 Å². The third kappa shape index (κ3) is 3.35. The van der Waals surface area contributed by atoms with Crippen molar-refractivity contribution < 1.29 is 34.4 Å². The lowest BCUT2D eigenvalue weighted by Gasteiger charge is -2.48. The first-order valence-corrected chi connectivity index (χ1v) is 12.2. The summed E-state index contributed by atoms with van der Waals surface area (Å²) in [5.74, 6) is -1.53. The van der Waals surface area contributed by atoms with Gasteiger partial charge in [-0.3, -0.25) is 4.79 Å². The lowest BCUT2D eigenvalue weighted by Crippen LogP contribution is -2.65. The molecule has 0 heterocycles. The molecule has 35 heavy (non-hydrogen) atoms. The molecule has 3 N–H and O–H groups in total. The number of allylic oxidation sites excluding steroid dienone is 1. The van der Waals surface area contributed by atoms with Gasteiger partial charge in [-0.05, 0) is 53.9 Å². The van der Waals surface area contributed by atoms with Gasteiger partial charge >= 0.3 is 5.97 Å². The predicted molar refractivity (Wildman–Crippen MR) is 130 cm³/mol. The molecule has 7 nitrogen and oxygen atoms in total. The van der Waals surface area contributed by atoms with Gasteiger partial charge < -0.3 is 24.8 Å². The van der Waals surface area contributed by atoms with Gasteiger partial charge in [-0.1, -0.05) is 52.0 Å². The third-order valence-electron chi connectivity index (χ3n) is 9.06. The molecular weight excluding hydrogens is 448 g/mol. The number of methoxy groups -OCH3 is 1. The highest BCUT2D eigenvalue weighted by Gasteiger charge is 2.73. The van der Waals surface area contributed by atoms with E-state index in [2.05, 4.69) is 6.92 Å². The fourth-order valence-corrected chi connectivity index (χ4v) is 6.64. The van der Waals surface area contributed by atoms with Gasteiger partial charge in [-0.2, -0.15) is 0 Å². The number of ketones is 1. The zero-order valence-electron chi connectivity index (χ0n) is 21.2. The van der Waals surface area contributed by atoms with Crippen LogP contribution in [-0.2, 0) is 9.53 Å². The third-order valence-corrected chi connectivity index (χ3v) is 9.06. The summed E-state index contributed by atoms with van der Waals surface area (Å²) >= 11 is 0. The zero-order chi connectivity index (χ0) is 25.9. The first-order chi connectivity index (χ1) is 16.4. The summed E-state index contributed by atoms with van der Waals surface area (Å²) in [7, 11) is 1.44. The molecule has 190 valence electrons. The zero-order valence-corrected chi connectivity index (χ0v) is 21.2. The van der Waals surface area contributed by atoms with Gasteiger partial charge in [0.2, 0.25) is 0 Å². The maximum absolute atomic E-state index is 14.4. The van der Waals surface area contributed by atoms with Gasteiger partial charge in [0.15, 0.2) is 17.5 Å². The summed E-state index contributed by atoms with van der Waals surface area (Å²) in [5, 5.41) is 34.2. The first kappa shape index (κ1) is 25.6. The standard InChI is InChI=1S/C28H36O7/c1-15-13-27-17(3)11-16(2)26(4,5)20(23(27)31)12-18(14-29)22(30)28(27,33)24(15)35-25(32)19-9-7-8-10-21(19)34-6/h7-10,12-13,16-17,20,22,24,29-30,33H,11,14H2,1-6H3/t16-,17+,20+,22+,24-,27-,28-/m0/s1. The molecule has 3 aliphatic carbocycles. The van der Waals surface area contributed by atoms with Crippen LogP contribution in [0.3, 0.4) is 0 Å². The number of para-hydroxylation sites is 1. The summed E-state index contributed by atoms with van der Waals surface area (Å²) in [5.41, 5.74) is -3.35. The minimum atomic E-state index is -2.19. The average molecular weight is 485 g/mol. The Bertz CT molecular complexity index is 1100. The Labute approximate surface area is 206 Å². The first-order valence-electron chi connectivity index (χ1n) is 12.2. The number of esters is 1. The molecule has 2 bridgehead atoms. The van der Waals surface area contributed by atoms with Crippen LogP contribution in [0.15, 0.2) is 47.6 Å². The Morgan fingerprint density at radius 2 is 1.83 bits per heavy atom. The van der Waals surface area contributed by atoms with Crippen molar-refractivity contribution in [3.05, 3.63) is 53.1 Å². The van der Waals surface area contributed by atoms with Gasteiger partial charge in [0.25, 0.3) is 0 Å². The Kier molecular flexibility index (Phi) is 6.27. The van der Waals surface area contributed by atoms with E-state index in [4.69, 9.17) is 9.47 Å². The number of aliphatic hydroxyl groups excluding tert-OH is 2. The highest BCUT2D eigenvalue weighted by Crippen LogP contribution is 2.62. The normalized spacial score (nSPS) is 38.0. The van der Waals surface area contributed by atoms with Crippen molar-refractivity contribution in [3.63, 3.8) is 0 Å². The van der Waals surface area contributed by atoms with Crippen LogP contribution < -0.4 is 4.74 Å². The van der Waals surface area contributed by atoms with Crippen molar-refractivity contribution in [2.24, 2.45) is 28.6 Å². The summed E-state index contributed by atoms with van der Waals surface area (Å²) in [6.45, 7) is 9.18. The van der Waals surface area contributed by atoms with E-state index in [-0.39, 0.29) is 28.8 Å². The average Bonchev–Trinajstić information content (AvgIpc) is 2.99. The number of benzene rings is 1. The Morgan fingerprint density at radius 3 is 2.46 bits per heavy atom. The molecule has 1 saturated carbocycles. The van der Waals surface area contributed by atoms with Crippen LogP contribution in [0.2, 0.25) is 0 Å². The quantitative estimate of drug-likeness (QED) is 0.445. The maximum Gasteiger partial charge on any atom is 0.342 e. The minimum Gasteiger partial charge on any atom is -0.496 e. The summed E-state index contributed by atoms with van der Waals surface area (Å²) in [6.07, 6.45) is 1.05. The SMILES string of the molecule is COc1ccccc1C(=O)O[C@H]1C(C)=C[C@]23C(=O)[C@@H](C=C(CO)[C@@H](O)[C@]12O)C(C)(C)[C@@H](C)C[C@H]3C. The number of Topliss-reactive ketones (excluding diaryl/α,β-unsaturated/α-hetero) is 1. The van der Waals surface area contributed by atoms with E-state index in [0.29, 0.717) is 17.7 Å². The fraction of sp³-hybridized carbons (Fsp3) is 0.571. The van der Waals surface area contributed by atoms with Crippen molar-refractivity contribution in [1.82, 2.24) is 0 Å². The van der Waals surface area contributed by atoms with Crippen LogP contribution in [0.1, 0.15) is 51.4 Å². The van der Waals surface area contributed by atoms with Crippen molar-refractivity contribution in [2.75, 3.05) is 13.7 Å². The Hall–Kier alpha value is -2.48. The van der Waals surface area contributed by atoms with E-state index < -0.39 is 47.1 Å². The minimum absolute atomic E-state index is 0.116. The number of carbonyl (C=O) groups is 2. The summed E-state index contributed by atoms with van der Waals surface area (Å²) in [4.78, 5) is 27.7. The number of fused-ring (bicyclic) bond motifs is 1. The second-order valence-corrected chi connectivity index (χ2v) is 11.1. The molecule has 0 radical (unpaired) electrons. The molecule has 1 spiro atoms. The number of aliphatic hydroxyl groups is 3. The van der Waals surface area contributed by atoms with Gasteiger partial charge in [-0.15, -0.1) is 0 Å². The number of ether oxygens (including phenoxy) is 2. The van der Waals surface area contributed by atoms with Gasteiger partial charge in [0, 0.05) is 5.92 Å². The highest BCUT2D eigenvalue weighted by molar-refractivity contribution is 5.96. The van der Waals surface area contributed by atoms with E-state index >= 15 is 0 Å². The molecule has 7 atom stereocenters. The summed E-state index contributed by atoms with van der Waals surface area (Å²) < 4.78 is 11.2. The van der Waals surface area contributed by atoms with E-state index in [1.807, 2.05) is 20.8 Å². The van der Waals surface area contributed by atoms with Gasteiger partial charge in [-0.25, -0.2) is 4.79 Å². The molecule has 1 fully saturated rings. The predicted octanol–water partition coefficient (Wildman–Crippen LogP) is 3.08. The van der Waals surface area contributed by atoms with Crippen molar-refractivity contribution in [1.29, 1.82) is 0 Å². The van der Waals surface area contributed by atoms with Crippen LogP contribution in [0, 0.1) is 28.6 Å². The highest BCUT2D eigenvalue weighted by atomic mass is 16.6. The maximum atomic E-state index is 14.4. The molecule has 0 aliphatic heterocycles. The molecule has 4 rings (SSSR count). The second kappa shape index (κ2) is 8.57.